The van der Waals surface area contributed by atoms with Gasteiger partial charge in [-0.1, -0.05) is 37.3 Å². The van der Waals surface area contributed by atoms with Crippen LogP contribution in [0.3, 0.4) is 0 Å². The summed E-state index contributed by atoms with van der Waals surface area (Å²) in [6.45, 7) is 2.03. The van der Waals surface area contributed by atoms with Gasteiger partial charge in [-0.25, -0.2) is 0 Å². The van der Waals surface area contributed by atoms with E-state index in [2.05, 4.69) is 10.3 Å². The Morgan fingerprint density at radius 3 is 2.77 bits per heavy atom. The Morgan fingerprint density at radius 2 is 1.95 bits per heavy atom. The second kappa shape index (κ2) is 5.85. The monoisotopic (exact) mass is 292 g/mol. The molecule has 3 aromatic rings. The lowest BCUT2D eigenvalue weighted by atomic mass is 10.1. The number of amides is 1. The lowest BCUT2D eigenvalue weighted by Gasteiger charge is -2.11. The van der Waals surface area contributed by atoms with Crippen LogP contribution in [0.1, 0.15) is 22.8 Å². The number of phenolic OH excluding ortho intramolecular Hbond substituents is 1. The van der Waals surface area contributed by atoms with Gasteiger partial charge in [-0.15, -0.1) is 0 Å². The van der Waals surface area contributed by atoms with Crippen molar-refractivity contribution in [3.05, 3.63) is 65.9 Å². The summed E-state index contributed by atoms with van der Waals surface area (Å²) < 4.78 is 0. The molecule has 0 fully saturated rings. The molecule has 1 amide bonds. The molecule has 0 aliphatic rings. The molecule has 0 aliphatic heterocycles. The summed E-state index contributed by atoms with van der Waals surface area (Å²) in [5.41, 5.74) is 2.46. The Labute approximate surface area is 128 Å². The molecule has 22 heavy (non-hydrogen) atoms. The molecule has 0 bridgehead atoms. The Balaban J connectivity index is 1.97. The number of rotatable bonds is 3. The molecule has 0 saturated heterocycles. The largest absolute Gasteiger partial charge is 0.505 e. The van der Waals surface area contributed by atoms with E-state index in [1.165, 1.54) is 0 Å². The van der Waals surface area contributed by atoms with E-state index in [1.54, 1.807) is 24.4 Å². The van der Waals surface area contributed by atoms with E-state index in [0.717, 1.165) is 23.1 Å². The molecule has 2 N–H and O–H groups in total. The van der Waals surface area contributed by atoms with Crippen molar-refractivity contribution in [2.24, 2.45) is 0 Å². The number of para-hydroxylation sites is 1. The number of hydrogen-bond acceptors (Lipinski definition) is 3. The van der Waals surface area contributed by atoms with E-state index in [1.807, 2.05) is 37.3 Å². The first kappa shape index (κ1) is 14.1. The summed E-state index contributed by atoms with van der Waals surface area (Å²) in [6, 6.07) is 14.7. The Hall–Kier alpha value is -2.88. The van der Waals surface area contributed by atoms with Crippen LogP contribution in [0.2, 0.25) is 0 Å². The van der Waals surface area contributed by atoms with Gasteiger partial charge in [-0.2, -0.15) is 0 Å². The van der Waals surface area contributed by atoms with Crippen molar-refractivity contribution in [2.75, 3.05) is 5.32 Å². The highest BCUT2D eigenvalue weighted by Gasteiger charge is 2.15. The van der Waals surface area contributed by atoms with Crippen molar-refractivity contribution in [3.8, 4) is 5.75 Å². The van der Waals surface area contributed by atoms with Crippen LogP contribution in [0.25, 0.3) is 10.9 Å². The van der Waals surface area contributed by atoms with Crippen molar-refractivity contribution < 1.29 is 9.90 Å². The first-order valence-electron chi connectivity index (χ1n) is 7.16. The summed E-state index contributed by atoms with van der Waals surface area (Å²) >= 11 is 0. The number of phenols is 1. The maximum Gasteiger partial charge on any atom is 0.259 e. The van der Waals surface area contributed by atoms with Crippen molar-refractivity contribution in [1.29, 1.82) is 0 Å². The first-order chi connectivity index (χ1) is 10.7. The molecule has 3 rings (SSSR count). The Morgan fingerprint density at radius 1 is 1.14 bits per heavy atom. The number of hydrogen-bond donors (Lipinski definition) is 2. The van der Waals surface area contributed by atoms with Crippen LogP contribution in [0, 0.1) is 0 Å². The fraction of sp³-hybridized carbons (Fsp3) is 0.111. The molecule has 0 atom stereocenters. The zero-order valence-electron chi connectivity index (χ0n) is 12.2. The number of pyridine rings is 1. The highest BCUT2D eigenvalue weighted by atomic mass is 16.3. The lowest BCUT2D eigenvalue weighted by molar-refractivity contribution is 0.102. The number of aryl methyl sites for hydroxylation is 1. The second-order valence-electron chi connectivity index (χ2n) is 5.00. The summed E-state index contributed by atoms with van der Waals surface area (Å²) in [4.78, 5) is 16.6. The van der Waals surface area contributed by atoms with Crippen LogP contribution in [0.5, 0.6) is 5.75 Å². The fourth-order valence-corrected chi connectivity index (χ4v) is 2.45. The van der Waals surface area contributed by atoms with E-state index in [0.29, 0.717) is 5.52 Å². The number of nitrogens with one attached hydrogen (secondary N) is 1. The lowest BCUT2D eigenvalue weighted by Crippen LogP contribution is -2.13. The first-order valence-corrected chi connectivity index (χ1v) is 7.16. The van der Waals surface area contributed by atoms with Crippen molar-refractivity contribution in [1.82, 2.24) is 4.98 Å². The summed E-state index contributed by atoms with van der Waals surface area (Å²) in [6.07, 6.45) is 2.41. The molecular weight excluding hydrogens is 276 g/mol. The number of aromatic hydroxyl groups is 1. The van der Waals surface area contributed by atoms with Crippen molar-refractivity contribution >= 4 is 22.5 Å². The average Bonchev–Trinajstić information content (AvgIpc) is 2.56. The molecule has 110 valence electrons. The average molecular weight is 292 g/mol. The molecule has 4 heteroatoms. The van der Waals surface area contributed by atoms with Crippen LogP contribution in [0.4, 0.5) is 5.69 Å². The molecule has 1 aromatic heterocycles. The third-order valence-corrected chi connectivity index (χ3v) is 3.64. The van der Waals surface area contributed by atoms with Gasteiger partial charge in [0.2, 0.25) is 0 Å². The van der Waals surface area contributed by atoms with Crippen LogP contribution in [-0.4, -0.2) is 16.0 Å². The minimum Gasteiger partial charge on any atom is -0.505 e. The SMILES string of the molecule is CCc1ccccc1NC(=O)c1ccc2cccnc2c1O. The third kappa shape index (κ3) is 2.51. The molecule has 0 spiro atoms. The van der Waals surface area contributed by atoms with E-state index >= 15 is 0 Å². The topological polar surface area (TPSA) is 62.2 Å². The van der Waals surface area contributed by atoms with Crippen LogP contribution in [-0.2, 0) is 6.42 Å². The van der Waals surface area contributed by atoms with Gasteiger partial charge < -0.3 is 10.4 Å². The smallest absolute Gasteiger partial charge is 0.259 e. The minimum absolute atomic E-state index is 0.0930. The van der Waals surface area contributed by atoms with Crippen LogP contribution >= 0.6 is 0 Å². The molecule has 1 heterocycles. The van der Waals surface area contributed by atoms with Gasteiger partial charge >= 0.3 is 0 Å². The Kier molecular flexibility index (Phi) is 3.74. The van der Waals surface area contributed by atoms with Gasteiger partial charge in [0.15, 0.2) is 5.75 Å². The van der Waals surface area contributed by atoms with Crippen LogP contribution in [0.15, 0.2) is 54.7 Å². The van der Waals surface area contributed by atoms with Gasteiger partial charge in [0.05, 0.1) is 5.56 Å². The molecular formula is C18H16N2O2. The maximum absolute atomic E-state index is 12.4. The summed E-state index contributed by atoms with van der Waals surface area (Å²) in [5, 5.41) is 14.0. The highest BCUT2D eigenvalue weighted by Crippen LogP contribution is 2.27. The Bertz CT molecular complexity index is 843. The van der Waals surface area contributed by atoms with Gasteiger partial charge in [0.1, 0.15) is 5.52 Å². The summed E-state index contributed by atoms with van der Waals surface area (Å²) in [7, 11) is 0. The van der Waals surface area contributed by atoms with E-state index in [-0.39, 0.29) is 17.2 Å². The predicted molar refractivity (Wildman–Crippen MR) is 87.2 cm³/mol. The van der Waals surface area contributed by atoms with Gasteiger partial charge in [0.25, 0.3) is 5.91 Å². The van der Waals surface area contributed by atoms with E-state index < -0.39 is 0 Å². The van der Waals surface area contributed by atoms with Crippen molar-refractivity contribution in [3.63, 3.8) is 0 Å². The predicted octanol–water partition coefficient (Wildman–Crippen LogP) is 3.76. The van der Waals surface area contributed by atoms with E-state index in [9.17, 15) is 9.90 Å². The zero-order valence-corrected chi connectivity index (χ0v) is 12.2. The second-order valence-corrected chi connectivity index (χ2v) is 5.00. The quantitative estimate of drug-likeness (QED) is 0.772. The normalized spacial score (nSPS) is 10.6. The van der Waals surface area contributed by atoms with E-state index in [4.69, 9.17) is 0 Å². The molecule has 0 radical (unpaired) electrons. The number of aromatic nitrogens is 1. The number of fused-ring (bicyclic) bond motifs is 1. The number of carbonyl (C=O) groups is 1. The standard InChI is InChI=1S/C18H16N2O2/c1-2-12-6-3-4-8-15(12)20-18(22)14-10-9-13-7-5-11-19-16(13)17(14)21/h3-11,21H,2H2,1H3,(H,20,22). The van der Waals surface area contributed by atoms with Gasteiger partial charge in [0, 0.05) is 17.3 Å². The maximum atomic E-state index is 12.4. The highest BCUT2D eigenvalue weighted by molar-refractivity contribution is 6.09. The molecule has 0 unspecified atom stereocenters. The molecule has 0 saturated carbocycles. The number of nitrogens with zero attached hydrogens (tertiary/aromatic N) is 1. The number of benzene rings is 2. The minimum atomic E-state index is -0.342. The third-order valence-electron chi connectivity index (χ3n) is 3.64. The van der Waals surface area contributed by atoms with Crippen molar-refractivity contribution in [2.45, 2.75) is 13.3 Å². The zero-order chi connectivity index (χ0) is 15.5. The van der Waals surface area contributed by atoms with Gasteiger partial charge in [-0.3, -0.25) is 9.78 Å². The molecule has 2 aromatic carbocycles. The molecule has 4 nitrogen and oxygen atoms in total. The fourth-order valence-electron chi connectivity index (χ4n) is 2.45. The summed E-state index contributed by atoms with van der Waals surface area (Å²) in [5.74, 6) is -0.435. The number of carbonyl (C=O) groups excluding carboxylic acids is 1. The van der Waals surface area contributed by atoms with Gasteiger partial charge in [-0.05, 0) is 30.2 Å². The van der Waals surface area contributed by atoms with Crippen LogP contribution < -0.4 is 5.32 Å². The number of anilines is 1. The molecule has 0 aliphatic carbocycles.